The van der Waals surface area contributed by atoms with Gasteiger partial charge in [0.25, 0.3) is 0 Å². The lowest BCUT2D eigenvalue weighted by atomic mass is 10.2. The monoisotopic (exact) mass is 318 g/mol. The Morgan fingerprint density at radius 2 is 1.96 bits per heavy atom. The fourth-order valence-electron chi connectivity index (χ4n) is 2.62. The van der Waals surface area contributed by atoms with Crippen LogP contribution in [0.3, 0.4) is 0 Å². The zero-order valence-corrected chi connectivity index (χ0v) is 12.5. The molecule has 9 heteroatoms. The standard InChI is InChI=1S/C14H15FN6O2/c1-10-9-19(12-3-2-11(15)6-16-12)4-5-20(10)13-7-18-14(8-17-13)21(22)23/h2-3,6-8,10H,4-5,9H2,1H3/t10-/m1/s1. The van der Waals surface area contributed by atoms with E-state index in [0.29, 0.717) is 25.5 Å². The molecule has 3 heterocycles. The zero-order chi connectivity index (χ0) is 16.4. The van der Waals surface area contributed by atoms with Crippen LogP contribution in [-0.2, 0) is 0 Å². The summed E-state index contributed by atoms with van der Waals surface area (Å²) in [6, 6.07) is 3.16. The number of halogens is 1. The van der Waals surface area contributed by atoms with Crippen molar-refractivity contribution >= 4 is 17.5 Å². The number of hydrogen-bond donors (Lipinski definition) is 0. The number of aromatic nitrogens is 3. The SMILES string of the molecule is C[C@@H]1CN(c2ccc(F)cn2)CCN1c1cnc([N+](=O)[O-])cn1. The minimum absolute atomic E-state index is 0.117. The number of nitrogens with zero attached hydrogens (tertiary/aromatic N) is 6. The first-order chi connectivity index (χ1) is 11.0. The second kappa shape index (κ2) is 6.11. The second-order valence-corrected chi connectivity index (χ2v) is 5.31. The first-order valence-electron chi connectivity index (χ1n) is 7.14. The van der Waals surface area contributed by atoms with Crippen molar-refractivity contribution < 1.29 is 9.31 Å². The Hall–Kier alpha value is -2.84. The molecule has 1 saturated heterocycles. The number of pyridine rings is 1. The molecule has 8 nitrogen and oxygen atoms in total. The summed E-state index contributed by atoms with van der Waals surface area (Å²) in [5.41, 5.74) is 0. The quantitative estimate of drug-likeness (QED) is 0.628. The first-order valence-corrected chi connectivity index (χ1v) is 7.14. The highest BCUT2D eigenvalue weighted by atomic mass is 19.1. The summed E-state index contributed by atoms with van der Waals surface area (Å²) in [5.74, 6) is 0.708. The molecule has 1 aliphatic rings. The van der Waals surface area contributed by atoms with E-state index in [1.165, 1.54) is 18.5 Å². The van der Waals surface area contributed by atoms with Gasteiger partial charge in [-0.3, -0.25) is 0 Å². The lowest BCUT2D eigenvalue weighted by molar-refractivity contribution is -0.389. The number of hydrogen-bond acceptors (Lipinski definition) is 7. The highest BCUT2D eigenvalue weighted by Gasteiger charge is 2.26. The van der Waals surface area contributed by atoms with Crippen LogP contribution in [0.1, 0.15) is 6.92 Å². The van der Waals surface area contributed by atoms with E-state index in [2.05, 4.69) is 19.9 Å². The van der Waals surface area contributed by atoms with E-state index in [4.69, 9.17) is 0 Å². The number of rotatable bonds is 3. The number of nitro groups is 1. The lowest BCUT2D eigenvalue weighted by Crippen LogP contribution is -2.52. The van der Waals surface area contributed by atoms with Gasteiger partial charge in [-0.1, -0.05) is 0 Å². The van der Waals surface area contributed by atoms with Gasteiger partial charge in [0.2, 0.25) is 0 Å². The van der Waals surface area contributed by atoms with Crippen molar-refractivity contribution in [2.45, 2.75) is 13.0 Å². The highest BCUT2D eigenvalue weighted by molar-refractivity contribution is 5.45. The van der Waals surface area contributed by atoms with Gasteiger partial charge >= 0.3 is 5.82 Å². The van der Waals surface area contributed by atoms with Gasteiger partial charge in [0, 0.05) is 25.7 Å². The molecule has 2 aromatic rings. The normalized spacial score (nSPS) is 18.1. The van der Waals surface area contributed by atoms with Crippen LogP contribution in [0.25, 0.3) is 0 Å². The molecule has 0 amide bonds. The molecule has 0 aromatic carbocycles. The van der Waals surface area contributed by atoms with Crippen LogP contribution in [0, 0.1) is 15.9 Å². The second-order valence-electron chi connectivity index (χ2n) is 5.31. The molecule has 2 aromatic heterocycles. The average molecular weight is 318 g/mol. The van der Waals surface area contributed by atoms with Gasteiger partial charge in [-0.2, -0.15) is 0 Å². The van der Waals surface area contributed by atoms with Crippen LogP contribution in [0.5, 0.6) is 0 Å². The van der Waals surface area contributed by atoms with Crippen molar-refractivity contribution in [1.82, 2.24) is 15.0 Å². The van der Waals surface area contributed by atoms with Gasteiger partial charge in [0.05, 0.1) is 6.20 Å². The Morgan fingerprint density at radius 3 is 2.52 bits per heavy atom. The van der Waals surface area contributed by atoms with E-state index in [1.807, 2.05) is 11.8 Å². The third kappa shape index (κ3) is 3.17. The Balaban J connectivity index is 1.71. The predicted octanol–water partition coefficient (Wildman–Crippen LogP) is 1.63. The summed E-state index contributed by atoms with van der Waals surface area (Å²) in [6.07, 6.45) is 3.78. The van der Waals surface area contributed by atoms with Crippen molar-refractivity contribution in [1.29, 1.82) is 0 Å². The minimum Gasteiger partial charge on any atom is -0.358 e. The van der Waals surface area contributed by atoms with E-state index in [0.717, 1.165) is 12.0 Å². The maximum atomic E-state index is 13.0. The fourth-order valence-corrected chi connectivity index (χ4v) is 2.62. The molecule has 1 atom stereocenters. The maximum absolute atomic E-state index is 13.0. The largest absolute Gasteiger partial charge is 0.382 e. The fraction of sp³-hybridized carbons (Fsp3) is 0.357. The van der Waals surface area contributed by atoms with Crippen LogP contribution in [0.15, 0.2) is 30.7 Å². The Kier molecular flexibility index (Phi) is 4.00. The van der Waals surface area contributed by atoms with Crippen LogP contribution in [-0.4, -0.2) is 45.6 Å². The summed E-state index contributed by atoms with van der Waals surface area (Å²) < 4.78 is 13.0. The van der Waals surface area contributed by atoms with E-state index >= 15 is 0 Å². The van der Waals surface area contributed by atoms with Crippen molar-refractivity contribution in [2.75, 3.05) is 29.4 Å². The third-order valence-corrected chi connectivity index (χ3v) is 3.77. The van der Waals surface area contributed by atoms with Crippen molar-refractivity contribution in [2.24, 2.45) is 0 Å². The molecule has 0 radical (unpaired) electrons. The third-order valence-electron chi connectivity index (χ3n) is 3.77. The zero-order valence-electron chi connectivity index (χ0n) is 12.5. The summed E-state index contributed by atoms with van der Waals surface area (Å²) in [5, 5.41) is 10.6. The Morgan fingerprint density at radius 1 is 1.17 bits per heavy atom. The molecule has 1 fully saturated rings. The van der Waals surface area contributed by atoms with Crippen LogP contribution in [0.2, 0.25) is 0 Å². The molecular weight excluding hydrogens is 303 g/mol. The molecular formula is C14H15FN6O2. The average Bonchev–Trinajstić information content (AvgIpc) is 2.55. The highest BCUT2D eigenvalue weighted by Crippen LogP contribution is 2.21. The molecule has 0 saturated carbocycles. The number of piperazine rings is 1. The summed E-state index contributed by atoms with van der Waals surface area (Å²) >= 11 is 0. The molecule has 23 heavy (non-hydrogen) atoms. The van der Waals surface area contributed by atoms with Crippen molar-refractivity contribution in [3.8, 4) is 0 Å². The summed E-state index contributed by atoms with van der Waals surface area (Å²) in [4.78, 5) is 26.2. The van der Waals surface area contributed by atoms with Gasteiger partial charge in [-0.25, -0.2) is 14.4 Å². The topological polar surface area (TPSA) is 88.3 Å². The van der Waals surface area contributed by atoms with Gasteiger partial charge in [0.1, 0.15) is 17.8 Å². The van der Waals surface area contributed by atoms with Crippen LogP contribution >= 0.6 is 0 Å². The van der Waals surface area contributed by atoms with E-state index in [-0.39, 0.29) is 17.7 Å². The molecule has 0 aliphatic carbocycles. The van der Waals surface area contributed by atoms with Crippen molar-refractivity contribution in [3.63, 3.8) is 0 Å². The van der Waals surface area contributed by atoms with Gasteiger partial charge in [-0.05, 0) is 29.0 Å². The van der Waals surface area contributed by atoms with E-state index < -0.39 is 4.92 Å². The lowest BCUT2D eigenvalue weighted by Gasteiger charge is -2.40. The van der Waals surface area contributed by atoms with Crippen LogP contribution < -0.4 is 9.80 Å². The first kappa shape index (κ1) is 15.1. The van der Waals surface area contributed by atoms with E-state index in [1.54, 1.807) is 6.07 Å². The molecule has 120 valence electrons. The Bertz CT molecular complexity index is 693. The number of anilines is 2. The molecule has 1 aliphatic heterocycles. The summed E-state index contributed by atoms with van der Waals surface area (Å²) in [7, 11) is 0. The van der Waals surface area contributed by atoms with E-state index in [9.17, 15) is 14.5 Å². The predicted molar refractivity (Wildman–Crippen MR) is 81.9 cm³/mol. The summed E-state index contributed by atoms with van der Waals surface area (Å²) in [6.45, 7) is 4.09. The molecule has 0 unspecified atom stereocenters. The minimum atomic E-state index is -0.571. The maximum Gasteiger partial charge on any atom is 0.382 e. The van der Waals surface area contributed by atoms with Gasteiger partial charge < -0.3 is 19.9 Å². The van der Waals surface area contributed by atoms with Gasteiger partial charge in [0.15, 0.2) is 12.0 Å². The smallest absolute Gasteiger partial charge is 0.358 e. The molecule has 0 spiro atoms. The molecule has 0 N–H and O–H groups in total. The van der Waals surface area contributed by atoms with Crippen LogP contribution in [0.4, 0.5) is 21.8 Å². The Labute approximate surface area is 131 Å². The van der Waals surface area contributed by atoms with Gasteiger partial charge in [-0.15, -0.1) is 0 Å². The van der Waals surface area contributed by atoms with Crippen molar-refractivity contribution in [3.05, 3.63) is 46.7 Å². The molecule has 0 bridgehead atoms. The molecule has 3 rings (SSSR count).